The fourth-order valence-electron chi connectivity index (χ4n) is 3.32. The highest BCUT2D eigenvalue weighted by Gasteiger charge is 2.47. The Balaban J connectivity index is 1.90. The zero-order chi connectivity index (χ0) is 15.6. The monoisotopic (exact) mass is 302 g/mol. The van der Waals surface area contributed by atoms with Gasteiger partial charge in [-0.2, -0.15) is 0 Å². The topological polar surface area (TPSA) is 49.9 Å². The number of amides is 2. The Morgan fingerprint density at radius 2 is 1.95 bits per heavy atom. The molecule has 0 N–H and O–H groups in total. The van der Waals surface area contributed by atoms with Crippen LogP contribution in [-0.4, -0.2) is 48.6 Å². The first kappa shape index (κ1) is 15.0. The van der Waals surface area contributed by atoms with Crippen LogP contribution in [0.25, 0.3) is 0 Å². The molecule has 118 valence electrons. The van der Waals surface area contributed by atoms with Crippen LogP contribution in [0.2, 0.25) is 0 Å². The standard InChI is InChI=1S/C17H22N2O3/c1-14(20)18-11-12-22-17(13-18)9-5-6-10-19(16(17)21)15-7-3-2-4-8-15/h2-4,7-8H,5-6,9-13H2,1H3. The lowest BCUT2D eigenvalue weighted by molar-refractivity contribution is -0.163. The summed E-state index contributed by atoms with van der Waals surface area (Å²) in [4.78, 5) is 28.4. The number of carbonyl (C=O) groups excluding carboxylic acids is 2. The molecule has 0 bridgehead atoms. The van der Waals surface area contributed by atoms with Crippen LogP contribution in [0, 0.1) is 0 Å². The number of benzene rings is 1. The fourth-order valence-corrected chi connectivity index (χ4v) is 3.32. The maximum atomic E-state index is 13.2. The molecule has 5 heteroatoms. The number of carbonyl (C=O) groups is 2. The molecule has 2 fully saturated rings. The SMILES string of the molecule is CC(=O)N1CCOC2(CCCCN(c3ccccc3)C2=O)C1. The maximum Gasteiger partial charge on any atom is 0.261 e. The zero-order valence-electron chi connectivity index (χ0n) is 13.0. The van der Waals surface area contributed by atoms with Gasteiger partial charge in [-0.3, -0.25) is 9.59 Å². The van der Waals surface area contributed by atoms with Crippen molar-refractivity contribution in [2.45, 2.75) is 31.8 Å². The van der Waals surface area contributed by atoms with E-state index in [-0.39, 0.29) is 11.8 Å². The summed E-state index contributed by atoms with van der Waals surface area (Å²) in [6, 6.07) is 9.70. The lowest BCUT2D eigenvalue weighted by Crippen LogP contribution is -2.60. The molecule has 0 aromatic heterocycles. The zero-order valence-corrected chi connectivity index (χ0v) is 13.0. The number of hydrogen-bond donors (Lipinski definition) is 0. The molecule has 1 aromatic carbocycles. The van der Waals surface area contributed by atoms with Crippen molar-refractivity contribution in [2.24, 2.45) is 0 Å². The Morgan fingerprint density at radius 1 is 1.18 bits per heavy atom. The second-order valence-corrected chi connectivity index (χ2v) is 6.03. The van der Waals surface area contributed by atoms with Crippen LogP contribution in [0.3, 0.4) is 0 Å². The summed E-state index contributed by atoms with van der Waals surface area (Å²) in [5, 5.41) is 0. The average Bonchev–Trinajstić information content (AvgIpc) is 2.69. The molecule has 22 heavy (non-hydrogen) atoms. The smallest absolute Gasteiger partial charge is 0.261 e. The van der Waals surface area contributed by atoms with Crippen LogP contribution in [0.15, 0.2) is 30.3 Å². The van der Waals surface area contributed by atoms with Gasteiger partial charge in [-0.1, -0.05) is 18.2 Å². The molecule has 0 radical (unpaired) electrons. The molecule has 0 aliphatic carbocycles. The molecule has 0 saturated carbocycles. The summed E-state index contributed by atoms with van der Waals surface area (Å²) in [5.41, 5.74) is 0.0216. The fraction of sp³-hybridized carbons (Fsp3) is 0.529. The predicted molar refractivity (Wildman–Crippen MR) is 83.6 cm³/mol. The van der Waals surface area contributed by atoms with E-state index in [2.05, 4.69) is 0 Å². The first-order chi connectivity index (χ1) is 10.6. The van der Waals surface area contributed by atoms with Crippen molar-refractivity contribution in [1.82, 2.24) is 4.90 Å². The molecule has 2 aliphatic rings. The van der Waals surface area contributed by atoms with Gasteiger partial charge < -0.3 is 14.5 Å². The molecule has 1 spiro atoms. The number of ether oxygens (including phenoxy) is 1. The minimum Gasteiger partial charge on any atom is -0.361 e. The van der Waals surface area contributed by atoms with Gasteiger partial charge in [-0.05, 0) is 31.4 Å². The van der Waals surface area contributed by atoms with Crippen molar-refractivity contribution in [1.29, 1.82) is 0 Å². The van der Waals surface area contributed by atoms with Gasteiger partial charge in [0.25, 0.3) is 5.91 Å². The minimum atomic E-state index is -0.879. The highest BCUT2D eigenvalue weighted by molar-refractivity contribution is 6.00. The Labute approximate surface area is 130 Å². The van der Waals surface area contributed by atoms with E-state index in [4.69, 9.17) is 4.74 Å². The summed E-state index contributed by atoms with van der Waals surface area (Å²) in [6.45, 7) is 3.61. The van der Waals surface area contributed by atoms with Crippen LogP contribution >= 0.6 is 0 Å². The molecule has 1 aromatic rings. The lowest BCUT2D eigenvalue weighted by Gasteiger charge is -2.42. The van der Waals surface area contributed by atoms with E-state index < -0.39 is 5.60 Å². The molecule has 2 aliphatic heterocycles. The Bertz CT molecular complexity index is 560. The molecular weight excluding hydrogens is 280 g/mol. The van der Waals surface area contributed by atoms with Gasteiger partial charge >= 0.3 is 0 Å². The van der Waals surface area contributed by atoms with Crippen molar-refractivity contribution in [3.8, 4) is 0 Å². The first-order valence-corrected chi connectivity index (χ1v) is 7.89. The number of para-hydroxylation sites is 1. The molecular formula is C17H22N2O3. The van der Waals surface area contributed by atoms with E-state index in [1.807, 2.05) is 35.2 Å². The third-order valence-corrected chi connectivity index (χ3v) is 4.55. The van der Waals surface area contributed by atoms with Crippen molar-refractivity contribution in [2.75, 3.05) is 31.1 Å². The van der Waals surface area contributed by atoms with Gasteiger partial charge in [0.1, 0.15) is 0 Å². The minimum absolute atomic E-state index is 0.00554. The third-order valence-electron chi connectivity index (χ3n) is 4.55. The Hall–Kier alpha value is -1.88. The lowest BCUT2D eigenvalue weighted by atomic mass is 9.94. The summed E-state index contributed by atoms with van der Waals surface area (Å²) in [5.74, 6) is -0.00636. The van der Waals surface area contributed by atoms with Gasteiger partial charge in [-0.15, -0.1) is 0 Å². The van der Waals surface area contributed by atoms with E-state index in [0.717, 1.165) is 18.5 Å². The Kier molecular flexibility index (Phi) is 4.16. The average molecular weight is 302 g/mol. The van der Waals surface area contributed by atoms with E-state index in [1.165, 1.54) is 0 Å². The second kappa shape index (κ2) is 6.08. The van der Waals surface area contributed by atoms with Gasteiger partial charge in [0, 0.05) is 25.7 Å². The van der Waals surface area contributed by atoms with Crippen molar-refractivity contribution >= 4 is 17.5 Å². The van der Waals surface area contributed by atoms with Crippen LogP contribution in [0.1, 0.15) is 26.2 Å². The molecule has 2 saturated heterocycles. The molecule has 2 heterocycles. The van der Waals surface area contributed by atoms with Gasteiger partial charge in [-0.25, -0.2) is 0 Å². The first-order valence-electron chi connectivity index (χ1n) is 7.89. The number of rotatable bonds is 1. The highest BCUT2D eigenvalue weighted by atomic mass is 16.5. The van der Waals surface area contributed by atoms with Crippen LogP contribution in [-0.2, 0) is 14.3 Å². The van der Waals surface area contributed by atoms with Crippen LogP contribution in [0.5, 0.6) is 0 Å². The van der Waals surface area contributed by atoms with Crippen LogP contribution in [0.4, 0.5) is 5.69 Å². The van der Waals surface area contributed by atoms with Gasteiger partial charge in [0.2, 0.25) is 5.91 Å². The summed E-state index contributed by atoms with van der Waals surface area (Å²) in [7, 11) is 0. The largest absolute Gasteiger partial charge is 0.361 e. The third kappa shape index (κ3) is 2.73. The molecule has 3 rings (SSSR count). The molecule has 1 atom stereocenters. The van der Waals surface area contributed by atoms with Crippen molar-refractivity contribution in [3.63, 3.8) is 0 Å². The number of nitrogens with zero attached hydrogens (tertiary/aromatic N) is 2. The quantitative estimate of drug-likeness (QED) is 0.795. The number of morpholine rings is 1. The molecule has 1 unspecified atom stereocenters. The predicted octanol–water partition coefficient (Wildman–Crippen LogP) is 1.82. The van der Waals surface area contributed by atoms with Crippen LogP contribution < -0.4 is 4.90 Å². The van der Waals surface area contributed by atoms with E-state index in [9.17, 15) is 9.59 Å². The van der Waals surface area contributed by atoms with E-state index in [1.54, 1.807) is 11.8 Å². The summed E-state index contributed by atoms with van der Waals surface area (Å²) >= 11 is 0. The molecule has 2 amide bonds. The molecule has 5 nitrogen and oxygen atoms in total. The van der Waals surface area contributed by atoms with Gasteiger partial charge in [0.15, 0.2) is 5.60 Å². The van der Waals surface area contributed by atoms with E-state index >= 15 is 0 Å². The van der Waals surface area contributed by atoms with Crippen molar-refractivity contribution < 1.29 is 14.3 Å². The highest BCUT2D eigenvalue weighted by Crippen LogP contribution is 2.32. The Morgan fingerprint density at radius 3 is 2.68 bits per heavy atom. The maximum absolute atomic E-state index is 13.2. The normalized spacial score (nSPS) is 26.1. The number of hydrogen-bond acceptors (Lipinski definition) is 3. The summed E-state index contributed by atoms with van der Waals surface area (Å²) in [6.07, 6.45) is 2.56. The second-order valence-electron chi connectivity index (χ2n) is 6.03. The number of anilines is 1. The summed E-state index contributed by atoms with van der Waals surface area (Å²) < 4.78 is 5.95. The van der Waals surface area contributed by atoms with E-state index in [0.29, 0.717) is 32.7 Å². The van der Waals surface area contributed by atoms with Gasteiger partial charge in [0.05, 0.1) is 13.2 Å². The van der Waals surface area contributed by atoms with Crippen molar-refractivity contribution in [3.05, 3.63) is 30.3 Å².